The van der Waals surface area contributed by atoms with Gasteiger partial charge in [-0.15, -0.1) is 0 Å². The minimum Gasteiger partial charge on any atom is -0.375 e. The summed E-state index contributed by atoms with van der Waals surface area (Å²) in [6.07, 6.45) is 0. The summed E-state index contributed by atoms with van der Waals surface area (Å²) >= 11 is 1.53. The van der Waals surface area contributed by atoms with Crippen LogP contribution in [0.25, 0.3) is 21.7 Å². The van der Waals surface area contributed by atoms with Gasteiger partial charge in [-0.1, -0.05) is 71.5 Å². The van der Waals surface area contributed by atoms with Crippen LogP contribution in [-0.2, 0) is 0 Å². The van der Waals surface area contributed by atoms with Gasteiger partial charge in [0.2, 0.25) is 0 Å². The molecule has 0 amide bonds. The van der Waals surface area contributed by atoms with Crippen LogP contribution in [0, 0.1) is 6.92 Å². The molecule has 0 spiro atoms. The number of nitrogen functional groups attached to an aromatic ring is 1. The molecule has 94 valence electrons. The van der Waals surface area contributed by atoms with Gasteiger partial charge in [-0.25, -0.2) is 4.98 Å². The molecule has 0 saturated carbocycles. The molecule has 0 unspecified atom stereocenters. The maximum absolute atomic E-state index is 5.89. The van der Waals surface area contributed by atoms with Gasteiger partial charge in [0.15, 0.2) is 5.13 Å². The SMILES string of the molecule is Cc1ccc(-c2sc(N)nc2-c2ccccc2)cc1. The van der Waals surface area contributed by atoms with Crippen LogP contribution in [0.1, 0.15) is 5.56 Å². The molecule has 3 aromatic rings. The molecule has 2 nitrogen and oxygen atoms in total. The minimum absolute atomic E-state index is 0.606. The molecule has 2 aromatic carbocycles. The summed E-state index contributed by atoms with van der Waals surface area (Å²) in [6.45, 7) is 2.09. The van der Waals surface area contributed by atoms with E-state index >= 15 is 0 Å². The number of aromatic nitrogens is 1. The molecule has 1 heterocycles. The van der Waals surface area contributed by atoms with Gasteiger partial charge in [-0.05, 0) is 12.5 Å². The average Bonchev–Trinajstić information content (AvgIpc) is 2.83. The first kappa shape index (κ1) is 11.9. The molecule has 0 aliphatic heterocycles. The lowest BCUT2D eigenvalue weighted by Gasteiger charge is -2.03. The van der Waals surface area contributed by atoms with E-state index in [0.717, 1.165) is 16.1 Å². The predicted octanol–water partition coefficient (Wildman–Crippen LogP) is 4.37. The molecular weight excluding hydrogens is 252 g/mol. The van der Waals surface area contributed by atoms with Crippen molar-refractivity contribution in [1.29, 1.82) is 0 Å². The Morgan fingerprint density at radius 3 is 2.26 bits per heavy atom. The Labute approximate surface area is 116 Å². The normalized spacial score (nSPS) is 10.6. The predicted molar refractivity (Wildman–Crippen MR) is 82.1 cm³/mol. The smallest absolute Gasteiger partial charge is 0.181 e. The highest BCUT2D eigenvalue weighted by atomic mass is 32.1. The Morgan fingerprint density at radius 1 is 0.895 bits per heavy atom. The Hall–Kier alpha value is -2.13. The molecule has 0 radical (unpaired) electrons. The Morgan fingerprint density at radius 2 is 1.58 bits per heavy atom. The minimum atomic E-state index is 0.606. The Bertz CT molecular complexity index is 685. The average molecular weight is 266 g/mol. The van der Waals surface area contributed by atoms with Crippen LogP contribution in [0.5, 0.6) is 0 Å². The number of hydrogen-bond acceptors (Lipinski definition) is 3. The van der Waals surface area contributed by atoms with Gasteiger partial charge in [0, 0.05) is 5.56 Å². The maximum atomic E-state index is 5.89. The van der Waals surface area contributed by atoms with E-state index in [4.69, 9.17) is 5.73 Å². The van der Waals surface area contributed by atoms with Crippen molar-refractivity contribution in [3.8, 4) is 21.7 Å². The number of rotatable bonds is 2. The summed E-state index contributed by atoms with van der Waals surface area (Å²) in [7, 11) is 0. The van der Waals surface area contributed by atoms with Crippen LogP contribution >= 0.6 is 11.3 Å². The number of nitrogens with zero attached hydrogens (tertiary/aromatic N) is 1. The highest BCUT2D eigenvalue weighted by Gasteiger charge is 2.13. The molecule has 0 atom stereocenters. The first-order chi connectivity index (χ1) is 9.24. The molecule has 0 bridgehead atoms. The molecule has 0 saturated heterocycles. The van der Waals surface area contributed by atoms with Crippen LogP contribution in [0.15, 0.2) is 54.6 Å². The van der Waals surface area contributed by atoms with E-state index in [2.05, 4.69) is 48.3 Å². The van der Waals surface area contributed by atoms with Crippen molar-refractivity contribution in [2.45, 2.75) is 6.92 Å². The van der Waals surface area contributed by atoms with Crippen molar-refractivity contribution >= 4 is 16.5 Å². The largest absolute Gasteiger partial charge is 0.375 e. The van der Waals surface area contributed by atoms with E-state index in [1.807, 2.05) is 18.2 Å². The molecule has 2 N–H and O–H groups in total. The summed E-state index contributed by atoms with van der Waals surface area (Å²) in [5.74, 6) is 0. The number of aryl methyl sites for hydroxylation is 1. The van der Waals surface area contributed by atoms with E-state index in [-0.39, 0.29) is 0 Å². The maximum Gasteiger partial charge on any atom is 0.181 e. The van der Waals surface area contributed by atoms with Gasteiger partial charge in [0.25, 0.3) is 0 Å². The molecule has 19 heavy (non-hydrogen) atoms. The highest BCUT2D eigenvalue weighted by molar-refractivity contribution is 7.19. The van der Waals surface area contributed by atoms with Crippen LogP contribution in [0.4, 0.5) is 5.13 Å². The second kappa shape index (κ2) is 4.86. The monoisotopic (exact) mass is 266 g/mol. The van der Waals surface area contributed by atoms with Gasteiger partial charge in [-0.3, -0.25) is 0 Å². The second-order valence-corrected chi connectivity index (χ2v) is 5.49. The fraction of sp³-hybridized carbons (Fsp3) is 0.0625. The van der Waals surface area contributed by atoms with Crippen molar-refractivity contribution < 1.29 is 0 Å². The molecule has 0 aliphatic carbocycles. The van der Waals surface area contributed by atoms with Crippen molar-refractivity contribution in [3.63, 3.8) is 0 Å². The summed E-state index contributed by atoms with van der Waals surface area (Å²) in [5.41, 5.74) is 10.4. The van der Waals surface area contributed by atoms with E-state index in [1.165, 1.54) is 22.5 Å². The van der Waals surface area contributed by atoms with Gasteiger partial charge in [-0.2, -0.15) is 0 Å². The van der Waals surface area contributed by atoms with Crippen molar-refractivity contribution in [2.24, 2.45) is 0 Å². The molecule has 0 aliphatic rings. The standard InChI is InChI=1S/C16H14N2S/c1-11-7-9-13(10-8-11)15-14(18-16(17)19-15)12-5-3-2-4-6-12/h2-10H,1H3,(H2,17,18). The molecule has 1 aromatic heterocycles. The zero-order valence-electron chi connectivity index (χ0n) is 10.6. The van der Waals surface area contributed by atoms with Crippen LogP contribution in [0.2, 0.25) is 0 Å². The second-order valence-electron chi connectivity index (χ2n) is 4.46. The molecule has 3 heteroatoms. The van der Waals surface area contributed by atoms with Gasteiger partial charge in [0.1, 0.15) is 0 Å². The summed E-state index contributed by atoms with van der Waals surface area (Å²) in [4.78, 5) is 5.60. The summed E-state index contributed by atoms with van der Waals surface area (Å²) < 4.78 is 0. The molecule has 0 fully saturated rings. The van der Waals surface area contributed by atoms with Gasteiger partial charge >= 0.3 is 0 Å². The van der Waals surface area contributed by atoms with Gasteiger partial charge < -0.3 is 5.73 Å². The number of nitrogens with two attached hydrogens (primary N) is 1. The van der Waals surface area contributed by atoms with E-state index in [1.54, 1.807) is 0 Å². The quantitative estimate of drug-likeness (QED) is 0.748. The molecule has 3 rings (SSSR count). The fourth-order valence-corrected chi connectivity index (χ4v) is 2.89. The van der Waals surface area contributed by atoms with Crippen LogP contribution in [-0.4, -0.2) is 4.98 Å². The summed E-state index contributed by atoms with van der Waals surface area (Å²) in [6, 6.07) is 18.6. The molecular formula is C16H14N2S. The van der Waals surface area contributed by atoms with E-state index in [9.17, 15) is 0 Å². The number of hydrogen-bond donors (Lipinski definition) is 1. The lowest BCUT2D eigenvalue weighted by molar-refractivity contribution is 1.41. The van der Waals surface area contributed by atoms with Crippen molar-refractivity contribution in [2.75, 3.05) is 5.73 Å². The third-order valence-electron chi connectivity index (χ3n) is 3.00. The third kappa shape index (κ3) is 2.37. The van der Waals surface area contributed by atoms with E-state index in [0.29, 0.717) is 5.13 Å². The highest BCUT2D eigenvalue weighted by Crippen LogP contribution is 2.37. The number of thiazole rings is 1. The Balaban J connectivity index is 2.15. The van der Waals surface area contributed by atoms with Crippen LogP contribution in [0.3, 0.4) is 0 Å². The first-order valence-corrected chi connectivity index (χ1v) is 6.94. The first-order valence-electron chi connectivity index (χ1n) is 6.13. The lowest BCUT2D eigenvalue weighted by Crippen LogP contribution is -1.84. The third-order valence-corrected chi connectivity index (χ3v) is 3.94. The zero-order valence-corrected chi connectivity index (χ0v) is 11.4. The van der Waals surface area contributed by atoms with Crippen molar-refractivity contribution in [3.05, 3.63) is 60.2 Å². The summed E-state index contributed by atoms with van der Waals surface area (Å²) in [5, 5.41) is 0.606. The Kier molecular flexibility index (Phi) is 3.05. The topological polar surface area (TPSA) is 38.9 Å². The van der Waals surface area contributed by atoms with E-state index < -0.39 is 0 Å². The number of benzene rings is 2. The number of anilines is 1. The van der Waals surface area contributed by atoms with Crippen LogP contribution < -0.4 is 5.73 Å². The fourth-order valence-electron chi connectivity index (χ4n) is 2.03. The lowest BCUT2D eigenvalue weighted by atomic mass is 10.1. The van der Waals surface area contributed by atoms with Gasteiger partial charge in [0.05, 0.1) is 10.6 Å². The van der Waals surface area contributed by atoms with Crippen molar-refractivity contribution in [1.82, 2.24) is 4.98 Å². The zero-order chi connectivity index (χ0) is 13.2.